The number of hydrogen-bond donors (Lipinski definition) is 1. The smallest absolute Gasteiger partial charge is 0.323 e. The van der Waals surface area contributed by atoms with Gasteiger partial charge in [0.1, 0.15) is 10.8 Å². The molecule has 0 unspecified atom stereocenters. The van der Waals surface area contributed by atoms with Gasteiger partial charge in [-0.1, -0.05) is 37.3 Å². The first-order valence-electron chi connectivity index (χ1n) is 6.96. The highest BCUT2D eigenvalue weighted by atomic mass is 32.1. The molecule has 2 aromatic rings. The lowest BCUT2D eigenvalue weighted by Crippen LogP contribution is -2.31. The average molecular weight is 323 g/mol. The van der Waals surface area contributed by atoms with Crippen LogP contribution in [0, 0.1) is 13.8 Å². The summed E-state index contributed by atoms with van der Waals surface area (Å²) in [6.45, 7) is 10.3. The summed E-state index contributed by atoms with van der Waals surface area (Å²) in [5.41, 5.74) is 1.64. The van der Waals surface area contributed by atoms with Crippen molar-refractivity contribution in [2.24, 2.45) is 0 Å². The van der Waals surface area contributed by atoms with Crippen LogP contribution in [0.15, 0.2) is 4.52 Å². The number of anilines is 1. The Hall–Kier alpha value is -1.96. The number of nitrogens with zero attached hydrogens (tertiary/aromatic N) is 4. The van der Waals surface area contributed by atoms with Crippen LogP contribution in [-0.2, 0) is 12.0 Å². The standard InChI is InChI=1S/C14H21N5O2S/c1-8-10(9(2)21-18-8)7-19(6)13(20)15-12-17-16-11(22-12)14(3,4)5/h7H2,1-6H3,(H,15,17,20). The Kier molecular flexibility index (Phi) is 4.50. The number of nitrogens with one attached hydrogen (secondary N) is 1. The lowest BCUT2D eigenvalue weighted by Gasteiger charge is -2.16. The topological polar surface area (TPSA) is 84.2 Å². The SMILES string of the molecule is Cc1noc(C)c1CN(C)C(=O)Nc1nnc(C(C)(C)C)s1. The lowest BCUT2D eigenvalue weighted by molar-refractivity contribution is 0.220. The molecule has 2 aromatic heterocycles. The monoisotopic (exact) mass is 323 g/mol. The van der Waals surface area contributed by atoms with Crippen molar-refractivity contribution in [1.82, 2.24) is 20.3 Å². The highest BCUT2D eigenvalue weighted by molar-refractivity contribution is 7.15. The molecule has 0 saturated heterocycles. The van der Waals surface area contributed by atoms with Gasteiger partial charge in [0.25, 0.3) is 0 Å². The summed E-state index contributed by atoms with van der Waals surface area (Å²) in [7, 11) is 1.72. The minimum absolute atomic E-state index is 0.0801. The van der Waals surface area contributed by atoms with Gasteiger partial charge in [-0.3, -0.25) is 5.32 Å². The minimum Gasteiger partial charge on any atom is -0.361 e. The molecule has 0 fully saturated rings. The average Bonchev–Trinajstić information content (AvgIpc) is 3.00. The molecule has 22 heavy (non-hydrogen) atoms. The van der Waals surface area contributed by atoms with Gasteiger partial charge in [-0.2, -0.15) is 0 Å². The van der Waals surface area contributed by atoms with E-state index in [-0.39, 0.29) is 11.4 Å². The second-order valence-electron chi connectivity index (χ2n) is 6.25. The van der Waals surface area contributed by atoms with E-state index < -0.39 is 0 Å². The third-order valence-electron chi connectivity index (χ3n) is 3.20. The fourth-order valence-corrected chi connectivity index (χ4v) is 2.59. The summed E-state index contributed by atoms with van der Waals surface area (Å²) >= 11 is 1.39. The van der Waals surface area contributed by atoms with Crippen LogP contribution in [0.25, 0.3) is 0 Å². The number of amides is 2. The van der Waals surface area contributed by atoms with E-state index in [1.165, 1.54) is 11.3 Å². The van der Waals surface area contributed by atoms with E-state index in [2.05, 4.69) is 41.4 Å². The number of carbonyl (C=O) groups excluding carboxylic acids is 1. The molecule has 0 saturated carbocycles. The van der Waals surface area contributed by atoms with Gasteiger partial charge in [-0.05, 0) is 13.8 Å². The molecule has 0 bridgehead atoms. The van der Waals surface area contributed by atoms with Crippen LogP contribution in [0.1, 0.15) is 42.8 Å². The number of rotatable bonds is 3. The second kappa shape index (κ2) is 6.04. The molecule has 0 aliphatic rings. The summed E-state index contributed by atoms with van der Waals surface area (Å²) in [5, 5.41) is 16.2. The van der Waals surface area contributed by atoms with Gasteiger partial charge in [0.15, 0.2) is 0 Å². The quantitative estimate of drug-likeness (QED) is 0.938. The Morgan fingerprint density at radius 3 is 2.50 bits per heavy atom. The molecule has 0 spiro atoms. The number of carbonyl (C=O) groups is 1. The van der Waals surface area contributed by atoms with Gasteiger partial charge in [-0.25, -0.2) is 4.79 Å². The van der Waals surface area contributed by atoms with Crippen LogP contribution in [0.2, 0.25) is 0 Å². The molecular weight excluding hydrogens is 302 g/mol. The number of urea groups is 1. The zero-order valence-corrected chi connectivity index (χ0v) is 14.5. The van der Waals surface area contributed by atoms with Crippen molar-refractivity contribution in [3.63, 3.8) is 0 Å². The van der Waals surface area contributed by atoms with E-state index in [1.807, 2.05) is 13.8 Å². The number of aromatic nitrogens is 3. The molecule has 1 N–H and O–H groups in total. The van der Waals surface area contributed by atoms with Crippen LogP contribution < -0.4 is 5.32 Å². The fourth-order valence-electron chi connectivity index (χ4n) is 1.80. The summed E-state index contributed by atoms with van der Waals surface area (Å²) in [4.78, 5) is 13.8. The molecule has 0 radical (unpaired) electrons. The maximum Gasteiger partial charge on any atom is 0.323 e. The predicted octanol–water partition coefficient (Wildman–Crippen LogP) is 3.10. The highest BCUT2D eigenvalue weighted by Crippen LogP contribution is 2.27. The second-order valence-corrected chi connectivity index (χ2v) is 7.23. The highest BCUT2D eigenvalue weighted by Gasteiger charge is 2.21. The Balaban J connectivity index is 2.01. The molecule has 120 valence electrons. The van der Waals surface area contributed by atoms with Crippen molar-refractivity contribution in [2.45, 2.75) is 46.6 Å². The third kappa shape index (κ3) is 3.62. The molecule has 0 aromatic carbocycles. The molecule has 2 amide bonds. The van der Waals surface area contributed by atoms with Crippen molar-refractivity contribution in [3.05, 3.63) is 22.0 Å². The predicted molar refractivity (Wildman–Crippen MR) is 85.1 cm³/mol. The van der Waals surface area contributed by atoms with Crippen LogP contribution >= 0.6 is 11.3 Å². The molecular formula is C14H21N5O2S. The lowest BCUT2D eigenvalue weighted by atomic mass is 9.98. The van der Waals surface area contributed by atoms with Crippen molar-refractivity contribution < 1.29 is 9.32 Å². The molecule has 7 nitrogen and oxygen atoms in total. The first-order valence-corrected chi connectivity index (χ1v) is 7.78. The summed E-state index contributed by atoms with van der Waals surface area (Å²) < 4.78 is 5.11. The van der Waals surface area contributed by atoms with Gasteiger partial charge < -0.3 is 9.42 Å². The number of hydrogen-bond acceptors (Lipinski definition) is 6. The summed E-state index contributed by atoms with van der Waals surface area (Å²) in [6.07, 6.45) is 0. The van der Waals surface area contributed by atoms with E-state index in [0.29, 0.717) is 11.7 Å². The van der Waals surface area contributed by atoms with Gasteiger partial charge in [0.05, 0.1) is 12.2 Å². The van der Waals surface area contributed by atoms with Gasteiger partial charge in [0.2, 0.25) is 5.13 Å². The van der Waals surface area contributed by atoms with Gasteiger partial charge in [-0.15, -0.1) is 10.2 Å². The van der Waals surface area contributed by atoms with Crippen molar-refractivity contribution >= 4 is 22.5 Å². The van der Waals surface area contributed by atoms with E-state index in [0.717, 1.165) is 22.0 Å². The molecule has 0 aliphatic heterocycles. The molecule has 0 aliphatic carbocycles. The molecule has 0 atom stereocenters. The zero-order valence-electron chi connectivity index (χ0n) is 13.7. The van der Waals surface area contributed by atoms with Crippen LogP contribution in [-0.4, -0.2) is 33.3 Å². The molecule has 2 heterocycles. The zero-order chi connectivity index (χ0) is 16.5. The Morgan fingerprint density at radius 1 is 1.32 bits per heavy atom. The summed E-state index contributed by atoms with van der Waals surface area (Å²) in [5.74, 6) is 0.725. The first kappa shape index (κ1) is 16.4. The van der Waals surface area contributed by atoms with Crippen molar-refractivity contribution in [2.75, 3.05) is 12.4 Å². The fraction of sp³-hybridized carbons (Fsp3) is 0.571. The van der Waals surface area contributed by atoms with E-state index in [9.17, 15) is 4.79 Å². The van der Waals surface area contributed by atoms with Crippen LogP contribution in [0.5, 0.6) is 0 Å². The van der Waals surface area contributed by atoms with Crippen LogP contribution in [0.3, 0.4) is 0 Å². The largest absolute Gasteiger partial charge is 0.361 e. The van der Waals surface area contributed by atoms with Crippen LogP contribution in [0.4, 0.5) is 9.93 Å². The molecule has 8 heteroatoms. The van der Waals surface area contributed by atoms with Gasteiger partial charge >= 0.3 is 6.03 Å². The Bertz CT molecular complexity index is 652. The van der Waals surface area contributed by atoms with E-state index >= 15 is 0 Å². The minimum atomic E-state index is -0.239. The van der Waals surface area contributed by atoms with Crippen molar-refractivity contribution in [1.29, 1.82) is 0 Å². The maximum atomic E-state index is 12.2. The van der Waals surface area contributed by atoms with Gasteiger partial charge in [0, 0.05) is 18.0 Å². The third-order valence-corrected chi connectivity index (χ3v) is 4.47. The van der Waals surface area contributed by atoms with E-state index in [1.54, 1.807) is 11.9 Å². The molecule has 2 rings (SSSR count). The maximum absolute atomic E-state index is 12.2. The first-order chi connectivity index (χ1) is 10.2. The Morgan fingerprint density at radius 2 is 2.00 bits per heavy atom. The summed E-state index contributed by atoms with van der Waals surface area (Å²) in [6, 6.07) is -0.239. The number of aryl methyl sites for hydroxylation is 2. The Labute approximate surface area is 133 Å². The normalized spacial score (nSPS) is 11.5. The van der Waals surface area contributed by atoms with Crippen molar-refractivity contribution in [3.8, 4) is 0 Å². The van der Waals surface area contributed by atoms with E-state index in [4.69, 9.17) is 4.52 Å².